The van der Waals surface area contributed by atoms with Gasteiger partial charge in [0.25, 0.3) is 0 Å². The molecule has 0 saturated carbocycles. The van der Waals surface area contributed by atoms with Gasteiger partial charge in [-0.1, -0.05) is 17.7 Å². The third kappa shape index (κ3) is 5.47. The monoisotopic (exact) mass is 449 g/mol. The van der Waals surface area contributed by atoms with Gasteiger partial charge in [-0.05, 0) is 31.0 Å². The van der Waals surface area contributed by atoms with Crippen LogP contribution in [-0.2, 0) is 14.3 Å². The molecule has 0 spiro atoms. The molecule has 168 valence electrons. The highest BCUT2D eigenvalue weighted by molar-refractivity contribution is 6.30. The second kappa shape index (κ2) is 9.84. The summed E-state index contributed by atoms with van der Waals surface area (Å²) >= 11 is 5.96. The number of fused-ring (bicyclic) bond motifs is 1. The van der Waals surface area contributed by atoms with E-state index >= 15 is 0 Å². The number of nitrogens with one attached hydrogen (secondary N) is 3. The number of carbonyl (C=O) groups excluding carboxylic acids is 3. The van der Waals surface area contributed by atoms with Crippen LogP contribution in [0.5, 0.6) is 0 Å². The molecule has 4 amide bonds. The normalized spacial score (nSPS) is 26.2. The van der Waals surface area contributed by atoms with Gasteiger partial charge in [0.05, 0.1) is 19.3 Å². The molecule has 9 nitrogen and oxygen atoms in total. The molecule has 31 heavy (non-hydrogen) atoms. The van der Waals surface area contributed by atoms with Gasteiger partial charge in [-0.25, -0.2) is 4.79 Å². The molecule has 3 saturated heterocycles. The van der Waals surface area contributed by atoms with Gasteiger partial charge in [-0.3, -0.25) is 14.5 Å². The molecule has 3 unspecified atom stereocenters. The first-order chi connectivity index (χ1) is 15.0. The second-order valence-corrected chi connectivity index (χ2v) is 8.62. The van der Waals surface area contributed by atoms with Crippen molar-refractivity contribution in [2.75, 3.05) is 44.7 Å². The number of benzene rings is 1. The Bertz CT molecular complexity index is 832. The van der Waals surface area contributed by atoms with Gasteiger partial charge >= 0.3 is 6.03 Å². The van der Waals surface area contributed by atoms with E-state index < -0.39 is 0 Å². The molecule has 3 aliphatic heterocycles. The number of rotatable bonds is 5. The number of nitrogens with zero attached hydrogens (tertiary/aromatic N) is 2. The quantitative estimate of drug-likeness (QED) is 0.623. The van der Waals surface area contributed by atoms with E-state index in [0.717, 1.165) is 0 Å². The van der Waals surface area contributed by atoms with Crippen molar-refractivity contribution in [2.24, 2.45) is 0 Å². The van der Waals surface area contributed by atoms with Crippen LogP contribution in [0.3, 0.4) is 0 Å². The molecule has 10 heteroatoms. The summed E-state index contributed by atoms with van der Waals surface area (Å²) in [6.45, 7) is 3.55. The SMILES string of the molecule is O=C(Nc1cccc(Cl)c1)NC1CC2C(=O)NCC(CCC(=O)N3CCOCC3)N2C1. The van der Waals surface area contributed by atoms with Gasteiger partial charge in [0.15, 0.2) is 0 Å². The third-order valence-corrected chi connectivity index (χ3v) is 6.33. The van der Waals surface area contributed by atoms with Gasteiger partial charge < -0.3 is 25.6 Å². The zero-order valence-corrected chi connectivity index (χ0v) is 18.1. The summed E-state index contributed by atoms with van der Waals surface area (Å²) in [5.74, 6) is 0.113. The first-order valence-corrected chi connectivity index (χ1v) is 11.1. The predicted molar refractivity (Wildman–Crippen MR) is 116 cm³/mol. The molecule has 0 aromatic heterocycles. The minimum atomic E-state index is -0.327. The number of halogens is 1. The van der Waals surface area contributed by atoms with Crippen LogP contribution in [-0.4, -0.2) is 85.2 Å². The maximum absolute atomic E-state index is 12.5. The fraction of sp³-hybridized carbons (Fsp3) is 0.571. The van der Waals surface area contributed by atoms with Crippen LogP contribution in [0.4, 0.5) is 10.5 Å². The van der Waals surface area contributed by atoms with E-state index in [9.17, 15) is 14.4 Å². The van der Waals surface area contributed by atoms with E-state index in [0.29, 0.717) is 69.4 Å². The molecule has 3 fully saturated rings. The first-order valence-electron chi connectivity index (χ1n) is 10.7. The summed E-state index contributed by atoms with van der Waals surface area (Å²) in [4.78, 5) is 41.2. The van der Waals surface area contributed by atoms with Crippen LogP contribution in [0.2, 0.25) is 5.02 Å². The topological polar surface area (TPSA) is 103 Å². The molecule has 0 bridgehead atoms. The van der Waals surface area contributed by atoms with Crippen LogP contribution in [0, 0.1) is 0 Å². The van der Waals surface area contributed by atoms with Crippen LogP contribution < -0.4 is 16.0 Å². The lowest BCUT2D eigenvalue weighted by Gasteiger charge is -2.37. The fourth-order valence-corrected chi connectivity index (χ4v) is 4.72. The maximum Gasteiger partial charge on any atom is 0.319 e. The van der Waals surface area contributed by atoms with E-state index in [4.69, 9.17) is 16.3 Å². The second-order valence-electron chi connectivity index (χ2n) is 8.18. The van der Waals surface area contributed by atoms with Gasteiger partial charge in [0.2, 0.25) is 11.8 Å². The Hall–Kier alpha value is -2.36. The number of hydrogen-bond acceptors (Lipinski definition) is 5. The van der Waals surface area contributed by atoms with Gasteiger partial charge in [-0.2, -0.15) is 0 Å². The Balaban J connectivity index is 1.30. The minimum absolute atomic E-state index is 0.0182. The van der Waals surface area contributed by atoms with Crippen molar-refractivity contribution >= 4 is 35.1 Å². The van der Waals surface area contributed by atoms with Crippen LogP contribution >= 0.6 is 11.6 Å². The molecule has 3 aliphatic rings. The molecular formula is C21H28ClN5O4. The number of morpholine rings is 1. The van der Waals surface area contributed by atoms with Crippen LogP contribution in [0.25, 0.3) is 0 Å². The van der Waals surface area contributed by atoms with Crippen LogP contribution in [0.1, 0.15) is 19.3 Å². The lowest BCUT2D eigenvalue weighted by atomic mass is 10.0. The molecule has 3 heterocycles. The number of amides is 4. The molecule has 3 N–H and O–H groups in total. The standard InChI is InChI=1S/C21H28ClN5O4/c22-14-2-1-3-15(10-14)24-21(30)25-16-11-18-20(29)23-12-17(27(18)13-16)4-5-19(28)26-6-8-31-9-7-26/h1-3,10,16-18H,4-9,11-13H2,(H,23,29)(H2,24,25,30). The van der Waals surface area contributed by atoms with Crippen molar-refractivity contribution in [3.05, 3.63) is 29.3 Å². The summed E-state index contributed by atoms with van der Waals surface area (Å²) in [6, 6.07) is 6.26. The van der Waals surface area contributed by atoms with Crippen molar-refractivity contribution in [1.82, 2.24) is 20.4 Å². The van der Waals surface area contributed by atoms with Gasteiger partial charge in [0.1, 0.15) is 0 Å². The number of urea groups is 1. The number of hydrogen-bond donors (Lipinski definition) is 3. The minimum Gasteiger partial charge on any atom is -0.378 e. The Kier molecular flexibility index (Phi) is 6.94. The van der Waals surface area contributed by atoms with Crippen molar-refractivity contribution in [2.45, 2.75) is 37.4 Å². The Morgan fingerprint density at radius 2 is 2.06 bits per heavy atom. The van der Waals surface area contributed by atoms with Crippen LogP contribution in [0.15, 0.2) is 24.3 Å². The smallest absolute Gasteiger partial charge is 0.319 e. The molecule has 4 rings (SSSR count). The van der Waals surface area contributed by atoms with E-state index in [1.807, 2.05) is 4.90 Å². The van der Waals surface area contributed by atoms with Crippen molar-refractivity contribution in [3.63, 3.8) is 0 Å². The molecule has 0 radical (unpaired) electrons. The lowest BCUT2D eigenvalue weighted by Crippen LogP contribution is -2.58. The third-order valence-electron chi connectivity index (χ3n) is 6.10. The largest absolute Gasteiger partial charge is 0.378 e. The molecule has 1 aromatic rings. The van der Waals surface area contributed by atoms with Gasteiger partial charge in [-0.15, -0.1) is 0 Å². The molecule has 3 atom stereocenters. The number of ether oxygens (including phenoxy) is 1. The number of anilines is 1. The van der Waals surface area contributed by atoms with E-state index in [1.54, 1.807) is 24.3 Å². The first kappa shape index (κ1) is 21.9. The highest BCUT2D eigenvalue weighted by Gasteiger charge is 2.43. The highest BCUT2D eigenvalue weighted by atomic mass is 35.5. The predicted octanol–water partition coefficient (Wildman–Crippen LogP) is 1.04. The fourth-order valence-electron chi connectivity index (χ4n) is 4.53. The summed E-state index contributed by atoms with van der Waals surface area (Å²) in [5.41, 5.74) is 0.609. The molecule has 0 aliphatic carbocycles. The summed E-state index contributed by atoms with van der Waals surface area (Å²) in [6.07, 6.45) is 1.66. The Morgan fingerprint density at radius 1 is 1.26 bits per heavy atom. The average Bonchev–Trinajstić information content (AvgIpc) is 3.18. The average molecular weight is 450 g/mol. The van der Waals surface area contributed by atoms with Crippen molar-refractivity contribution in [1.29, 1.82) is 0 Å². The number of carbonyl (C=O) groups is 3. The maximum atomic E-state index is 12.5. The van der Waals surface area contributed by atoms with E-state index in [1.165, 1.54) is 0 Å². The van der Waals surface area contributed by atoms with Crippen molar-refractivity contribution in [3.8, 4) is 0 Å². The van der Waals surface area contributed by atoms with Gasteiger partial charge in [0, 0.05) is 55.4 Å². The lowest BCUT2D eigenvalue weighted by molar-refractivity contribution is -0.136. The summed E-state index contributed by atoms with van der Waals surface area (Å²) in [5, 5.41) is 9.23. The van der Waals surface area contributed by atoms with E-state index in [-0.39, 0.29) is 36.0 Å². The van der Waals surface area contributed by atoms with Crippen molar-refractivity contribution < 1.29 is 19.1 Å². The number of piperazine rings is 1. The summed E-state index contributed by atoms with van der Waals surface area (Å²) in [7, 11) is 0. The molecule has 1 aromatic carbocycles. The molecular weight excluding hydrogens is 422 g/mol. The zero-order valence-electron chi connectivity index (χ0n) is 17.3. The highest BCUT2D eigenvalue weighted by Crippen LogP contribution is 2.26. The summed E-state index contributed by atoms with van der Waals surface area (Å²) < 4.78 is 5.30. The zero-order chi connectivity index (χ0) is 21.8. The Morgan fingerprint density at radius 3 is 2.84 bits per heavy atom. The Labute approximate surface area is 186 Å². The van der Waals surface area contributed by atoms with E-state index in [2.05, 4.69) is 20.9 Å².